The smallest absolute Gasteiger partial charge is 0.342 e. The Labute approximate surface area is 172 Å². The van der Waals surface area contributed by atoms with Crippen molar-refractivity contribution in [1.82, 2.24) is 0 Å². The highest BCUT2D eigenvalue weighted by Gasteiger charge is 2.38. The van der Waals surface area contributed by atoms with Gasteiger partial charge in [-0.15, -0.1) is 11.3 Å². The molecule has 2 heterocycles. The Kier molecular flexibility index (Phi) is 5.57. The third-order valence-corrected chi connectivity index (χ3v) is 5.80. The molecule has 0 fully saturated rings. The van der Waals surface area contributed by atoms with Crippen LogP contribution in [0, 0.1) is 18.3 Å². The fourth-order valence-electron chi connectivity index (χ4n) is 3.31. The highest BCUT2D eigenvalue weighted by atomic mass is 32.1. The van der Waals surface area contributed by atoms with Crippen molar-refractivity contribution in [2.24, 2.45) is 5.73 Å². The number of nitriles is 1. The van der Waals surface area contributed by atoms with Gasteiger partial charge >= 0.3 is 5.97 Å². The Morgan fingerprint density at radius 2 is 1.76 bits per heavy atom. The number of carbonyl (C=O) groups is 1. The minimum atomic E-state index is -0.611. The zero-order valence-corrected chi connectivity index (χ0v) is 17.4. The molecule has 1 aliphatic heterocycles. The molecule has 0 saturated heterocycles. The Hall–Kier alpha value is -3.38. The second-order valence-electron chi connectivity index (χ2n) is 6.09. The molecule has 29 heavy (non-hydrogen) atoms. The van der Waals surface area contributed by atoms with Crippen LogP contribution in [0.3, 0.4) is 0 Å². The number of nitrogens with zero attached hydrogens (tertiary/aromatic N) is 1. The number of aryl methyl sites for hydroxylation is 1. The Morgan fingerprint density at radius 1 is 1.14 bits per heavy atom. The lowest BCUT2D eigenvalue weighted by Gasteiger charge is -2.26. The van der Waals surface area contributed by atoms with E-state index in [0.29, 0.717) is 32.6 Å². The van der Waals surface area contributed by atoms with E-state index in [9.17, 15) is 10.1 Å². The number of ether oxygens (including phenoxy) is 5. The van der Waals surface area contributed by atoms with E-state index in [1.165, 1.54) is 39.8 Å². The maximum absolute atomic E-state index is 12.3. The van der Waals surface area contributed by atoms with E-state index in [4.69, 9.17) is 29.4 Å². The number of fused-ring (bicyclic) bond motifs is 1. The van der Waals surface area contributed by atoms with Gasteiger partial charge in [0.2, 0.25) is 5.88 Å². The van der Waals surface area contributed by atoms with Crippen LogP contribution in [0.15, 0.2) is 23.6 Å². The predicted octanol–water partition coefficient (Wildman–Crippen LogP) is 3.09. The molecule has 0 radical (unpaired) electrons. The molecule has 0 spiro atoms. The number of carbonyl (C=O) groups excluding carboxylic acids is 1. The highest BCUT2D eigenvalue weighted by molar-refractivity contribution is 7.12. The van der Waals surface area contributed by atoms with Gasteiger partial charge in [-0.3, -0.25) is 0 Å². The van der Waals surface area contributed by atoms with Crippen molar-refractivity contribution < 1.29 is 28.5 Å². The van der Waals surface area contributed by atoms with Gasteiger partial charge in [0.05, 0.1) is 39.2 Å². The maximum atomic E-state index is 12.3. The average molecular weight is 416 g/mol. The van der Waals surface area contributed by atoms with Crippen molar-refractivity contribution in [3.63, 3.8) is 0 Å². The Balaban J connectivity index is 2.33. The Morgan fingerprint density at radius 3 is 2.31 bits per heavy atom. The van der Waals surface area contributed by atoms with Crippen LogP contribution >= 0.6 is 11.3 Å². The van der Waals surface area contributed by atoms with Crippen molar-refractivity contribution in [2.75, 3.05) is 28.4 Å². The summed E-state index contributed by atoms with van der Waals surface area (Å²) in [5.74, 6) is 0.489. The summed E-state index contributed by atoms with van der Waals surface area (Å²) >= 11 is 1.33. The lowest BCUT2D eigenvalue weighted by Crippen LogP contribution is -2.21. The predicted molar refractivity (Wildman–Crippen MR) is 106 cm³/mol. The molecule has 3 rings (SSSR count). The van der Waals surface area contributed by atoms with E-state index in [2.05, 4.69) is 6.07 Å². The SMILES string of the molecule is COC(=O)c1c(C)sc2c1OC(N)=C(C#N)C2c1cc(OC)c(OC)cc1OC. The molecule has 1 aromatic heterocycles. The number of benzene rings is 1. The van der Waals surface area contributed by atoms with Crippen molar-refractivity contribution in [2.45, 2.75) is 12.8 Å². The van der Waals surface area contributed by atoms with Gasteiger partial charge in [-0.05, 0) is 13.0 Å². The van der Waals surface area contributed by atoms with E-state index in [1.54, 1.807) is 19.1 Å². The molecule has 0 bridgehead atoms. The van der Waals surface area contributed by atoms with Crippen molar-refractivity contribution in [3.05, 3.63) is 44.5 Å². The second kappa shape index (κ2) is 7.93. The van der Waals surface area contributed by atoms with E-state index in [1.807, 2.05) is 0 Å². The van der Waals surface area contributed by atoms with Crippen LogP contribution in [0.5, 0.6) is 23.0 Å². The summed E-state index contributed by atoms with van der Waals surface area (Å²) < 4.78 is 26.9. The van der Waals surface area contributed by atoms with E-state index < -0.39 is 11.9 Å². The summed E-state index contributed by atoms with van der Waals surface area (Å²) in [6.07, 6.45) is 0. The number of rotatable bonds is 5. The number of nitrogens with two attached hydrogens (primary N) is 1. The number of hydrogen-bond acceptors (Lipinski definition) is 9. The topological polar surface area (TPSA) is 113 Å². The van der Waals surface area contributed by atoms with Crippen molar-refractivity contribution in [1.29, 1.82) is 5.26 Å². The van der Waals surface area contributed by atoms with E-state index >= 15 is 0 Å². The number of thiophene rings is 1. The van der Waals surface area contributed by atoms with Crippen LogP contribution in [-0.4, -0.2) is 34.4 Å². The summed E-state index contributed by atoms with van der Waals surface area (Å²) in [4.78, 5) is 13.6. The first-order valence-corrected chi connectivity index (χ1v) is 9.32. The fraction of sp³-hybridized carbons (Fsp3) is 0.300. The number of methoxy groups -OCH3 is 4. The van der Waals surface area contributed by atoms with Crippen LogP contribution in [0.1, 0.15) is 31.6 Å². The summed E-state index contributed by atoms with van der Waals surface area (Å²) in [6, 6.07) is 5.53. The molecule has 1 aromatic carbocycles. The van der Waals surface area contributed by atoms with E-state index in [0.717, 1.165) is 0 Å². The van der Waals surface area contributed by atoms with Gasteiger partial charge < -0.3 is 29.4 Å². The van der Waals surface area contributed by atoms with Gasteiger partial charge in [-0.1, -0.05) is 0 Å². The largest absolute Gasteiger partial charge is 0.496 e. The van der Waals surface area contributed by atoms with Gasteiger partial charge in [0.25, 0.3) is 0 Å². The summed E-state index contributed by atoms with van der Waals surface area (Å²) in [5, 5.41) is 9.79. The molecular formula is C20H20N2O6S. The van der Waals surface area contributed by atoms with Crippen molar-refractivity contribution in [3.8, 4) is 29.1 Å². The average Bonchev–Trinajstić information content (AvgIpc) is 3.06. The molecule has 8 nitrogen and oxygen atoms in total. The van der Waals surface area contributed by atoms with Crippen molar-refractivity contribution >= 4 is 17.3 Å². The molecule has 0 amide bonds. The van der Waals surface area contributed by atoms with Crippen LogP contribution < -0.4 is 24.7 Å². The molecular weight excluding hydrogens is 396 g/mol. The van der Waals surface area contributed by atoms with Gasteiger partial charge in [0, 0.05) is 16.5 Å². The third-order valence-electron chi connectivity index (χ3n) is 4.65. The fourth-order valence-corrected chi connectivity index (χ4v) is 4.52. The van der Waals surface area contributed by atoms with E-state index in [-0.39, 0.29) is 22.8 Å². The van der Waals surface area contributed by atoms with Gasteiger partial charge in [0.15, 0.2) is 17.2 Å². The molecule has 9 heteroatoms. The van der Waals surface area contributed by atoms with Crippen LogP contribution in [0.25, 0.3) is 0 Å². The highest BCUT2D eigenvalue weighted by Crippen LogP contribution is 2.52. The molecule has 152 valence electrons. The molecule has 1 atom stereocenters. The maximum Gasteiger partial charge on any atom is 0.342 e. The molecule has 1 unspecified atom stereocenters. The number of hydrogen-bond donors (Lipinski definition) is 1. The van der Waals surface area contributed by atoms with Crippen LogP contribution in [0.2, 0.25) is 0 Å². The van der Waals surface area contributed by atoms with Crippen LogP contribution in [-0.2, 0) is 4.74 Å². The number of allylic oxidation sites excluding steroid dienone is 1. The normalized spacial score (nSPS) is 15.1. The zero-order valence-electron chi connectivity index (χ0n) is 16.6. The van der Waals surface area contributed by atoms with Gasteiger partial charge in [-0.2, -0.15) is 5.26 Å². The summed E-state index contributed by atoms with van der Waals surface area (Å²) in [6.45, 7) is 1.78. The lowest BCUT2D eigenvalue weighted by atomic mass is 9.87. The summed E-state index contributed by atoms with van der Waals surface area (Å²) in [5.41, 5.74) is 7.19. The molecule has 1 aliphatic rings. The lowest BCUT2D eigenvalue weighted by molar-refractivity contribution is 0.0597. The van der Waals surface area contributed by atoms with Crippen LogP contribution in [0.4, 0.5) is 0 Å². The first-order chi connectivity index (χ1) is 13.9. The first kappa shape index (κ1) is 20.4. The minimum absolute atomic E-state index is 0.0789. The standard InChI is InChI=1S/C20H20N2O6S/c1-9-15(20(23)27-5)17-18(29-9)16(11(8-21)19(22)28-17)10-6-13(25-3)14(26-4)7-12(10)24-2/h6-7,16H,22H2,1-5H3. The second-order valence-corrected chi connectivity index (χ2v) is 7.35. The molecule has 0 aliphatic carbocycles. The third kappa shape index (κ3) is 3.21. The minimum Gasteiger partial charge on any atom is -0.496 e. The quantitative estimate of drug-likeness (QED) is 0.740. The molecule has 0 saturated carbocycles. The summed E-state index contributed by atoms with van der Waals surface area (Å²) in [7, 11) is 5.85. The monoisotopic (exact) mass is 416 g/mol. The zero-order chi connectivity index (χ0) is 21.3. The Bertz CT molecular complexity index is 1050. The van der Waals surface area contributed by atoms with Gasteiger partial charge in [0.1, 0.15) is 23.0 Å². The molecule has 2 aromatic rings. The first-order valence-electron chi connectivity index (χ1n) is 8.50. The van der Waals surface area contributed by atoms with Gasteiger partial charge in [-0.25, -0.2) is 4.79 Å². The molecule has 2 N–H and O–H groups in total. The number of esters is 1.